The van der Waals surface area contributed by atoms with Crippen LogP contribution in [0.3, 0.4) is 0 Å². The third kappa shape index (κ3) is 5.54. The normalized spacial score (nSPS) is 14.5. The molecule has 2 N–H and O–H groups in total. The highest BCUT2D eigenvalue weighted by Crippen LogP contribution is 2.61. The number of carbonyl (C=O) groups excluding carboxylic acids is 2. The van der Waals surface area contributed by atoms with Crippen LogP contribution in [0.25, 0.3) is 19.5 Å². The zero-order valence-corrected chi connectivity index (χ0v) is 30.9. The van der Waals surface area contributed by atoms with Gasteiger partial charge in [0.05, 0.1) is 72.3 Å². The maximum Gasteiger partial charge on any atom is 0.198 e. The minimum atomic E-state index is -0.495. The predicted molar refractivity (Wildman–Crippen MR) is 195 cm³/mol. The van der Waals surface area contributed by atoms with Crippen LogP contribution in [0.5, 0.6) is 46.0 Å². The van der Waals surface area contributed by atoms with Gasteiger partial charge in [0.25, 0.3) is 0 Å². The molecule has 14 heteroatoms. The number of phenols is 2. The molecule has 0 atom stereocenters. The van der Waals surface area contributed by atoms with Gasteiger partial charge in [-0.15, -0.1) is 34.0 Å². The summed E-state index contributed by atoms with van der Waals surface area (Å²) in [4.78, 5) is 29.9. The van der Waals surface area contributed by atoms with Crippen molar-refractivity contribution in [2.75, 3.05) is 47.4 Å². The fourth-order valence-electron chi connectivity index (χ4n) is 6.05. The zero-order valence-electron chi connectivity index (χ0n) is 27.7. The lowest BCUT2D eigenvalue weighted by Crippen LogP contribution is -2.33. The van der Waals surface area contributed by atoms with E-state index in [1.54, 1.807) is 52.7 Å². The molecule has 1 aliphatic heterocycles. The highest BCUT2D eigenvalue weighted by atomic mass is 32.2. The van der Waals surface area contributed by atoms with Crippen LogP contribution in [0.15, 0.2) is 41.1 Å². The lowest BCUT2D eigenvalue weighted by Gasteiger charge is -2.26. The first-order valence-corrected chi connectivity index (χ1v) is 19.0. The van der Waals surface area contributed by atoms with Gasteiger partial charge in [-0.1, -0.05) is 31.2 Å². The summed E-state index contributed by atoms with van der Waals surface area (Å²) in [5.41, 5.74) is -0.0611. The molecule has 10 nitrogen and oxygen atoms in total. The summed E-state index contributed by atoms with van der Waals surface area (Å²) < 4.78 is 35.9. The fraction of sp³-hybridized carbons (Fsp3) is 0.278. The Labute approximate surface area is 304 Å². The number of aromatic hydroxyl groups is 2. The molecular weight excluding hydrogens is 721 g/mol. The fourth-order valence-corrected chi connectivity index (χ4v) is 10.7. The van der Waals surface area contributed by atoms with E-state index >= 15 is 0 Å². The van der Waals surface area contributed by atoms with Crippen molar-refractivity contribution in [1.29, 1.82) is 0 Å². The summed E-state index contributed by atoms with van der Waals surface area (Å²) in [6.07, 6.45) is 0. The van der Waals surface area contributed by atoms with Crippen molar-refractivity contribution in [2.24, 2.45) is 5.41 Å². The van der Waals surface area contributed by atoms with E-state index in [-0.39, 0.29) is 39.5 Å². The average Bonchev–Trinajstić information content (AvgIpc) is 3.81. The number of methoxy groups -OCH3 is 4. The van der Waals surface area contributed by atoms with Gasteiger partial charge in [0.2, 0.25) is 0 Å². The molecule has 0 saturated heterocycles. The predicted octanol–water partition coefficient (Wildman–Crippen LogP) is 8.14. The van der Waals surface area contributed by atoms with E-state index in [9.17, 15) is 19.8 Å². The molecule has 4 heterocycles. The van der Waals surface area contributed by atoms with Crippen LogP contribution in [0.4, 0.5) is 0 Å². The molecule has 0 spiro atoms. The molecule has 0 radical (unpaired) electrons. The monoisotopic (exact) mass is 752 g/mol. The number of hydrogen-bond donors (Lipinski definition) is 2. The van der Waals surface area contributed by atoms with Crippen LogP contribution in [0.2, 0.25) is 0 Å². The lowest BCUT2D eigenvalue weighted by atomic mass is 9.82. The van der Waals surface area contributed by atoms with Crippen LogP contribution >= 0.6 is 45.8 Å². The van der Waals surface area contributed by atoms with Gasteiger partial charge < -0.3 is 38.6 Å². The van der Waals surface area contributed by atoms with Crippen LogP contribution in [0, 0.1) is 5.41 Å². The molecule has 0 saturated carbocycles. The first-order chi connectivity index (χ1) is 24.1. The number of phenolic OH excluding ortho intramolecular Hbond substituents is 2. The van der Waals surface area contributed by atoms with Crippen molar-refractivity contribution >= 4 is 57.3 Å². The van der Waals surface area contributed by atoms with E-state index in [0.717, 1.165) is 19.5 Å². The Morgan fingerprint density at radius 3 is 1.80 bits per heavy atom. The molecular formula is C36H32O10S4. The molecule has 2 aliphatic rings. The number of fused-ring (bicyclic) bond motifs is 3. The van der Waals surface area contributed by atoms with Gasteiger partial charge in [-0.25, -0.2) is 0 Å². The topological polar surface area (TPSA) is 130 Å². The molecule has 0 fully saturated rings. The second-order valence-corrected chi connectivity index (χ2v) is 15.8. The highest BCUT2D eigenvalue weighted by Gasteiger charge is 2.38. The first kappa shape index (κ1) is 34.1. The molecule has 5 aromatic rings. The second-order valence-electron chi connectivity index (χ2n) is 12.0. The van der Waals surface area contributed by atoms with Crippen molar-refractivity contribution in [3.63, 3.8) is 0 Å². The number of thioether (sulfide) groups is 1. The Balaban J connectivity index is 1.17. The second kappa shape index (κ2) is 13.4. The molecule has 0 bridgehead atoms. The summed E-state index contributed by atoms with van der Waals surface area (Å²) in [5, 5.41) is 25.9. The van der Waals surface area contributed by atoms with E-state index in [4.69, 9.17) is 28.4 Å². The maximum atomic E-state index is 13.4. The largest absolute Gasteiger partial charge is 0.507 e. The molecule has 3 aromatic heterocycles. The minimum Gasteiger partial charge on any atom is -0.507 e. The maximum absolute atomic E-state index is 13.4. The van der Waals surface area contributed by atoms with Crippen molar-refractivity contribution in [1.82, 2.24) is 0 Å². The first-order valence-electron chi connectivity index (χ1n) is 15.3. The number of thiophene rings is 3. The van der Waals surface area contributed by atoms with Crippen LogP contribution in [0.1, 0.15) is 44.3 Å². The van der Waals surface area contributed by atoms with Gasteiger partial charge >= 0.3 is 0 Å². The number of rotatable bonds is 10. The van der Waals surface area contributed by atoms with Gasteiger partial charge in [-0.3, -0.25) is 9.59 Å². The van der Waals surface area contributed by atoms with Gasteiger partial charge in [-0.2, -0.15) is 11.8 Å². The number of ether oxygens (including phenoxy) is 6. The van der Waals surface area contributed by atoms with Crippen molar-refractivity contribution in [2.45, 2.75) is 12.7 Å². The summed E-state index contributed by atoms with van der Waals surface area (Å²) in [6.45, 7) is 2.69. The minimum absolute atomic E-state index is 0.165. The molecule has 2 aromatic carbocycles. The van der Waals surface area contributed by atoms with Gasteiger partial charge in [0, 0.05) is 44.4 Å². The Kier molecular flexibility index (Phi) is 9.14. The Morgan fingerprint density at radius 1 is 0.780 bits per heavy atom. The number of benzene rings is 2. The van der Waals surface area contributed by atoms with Gasteiger partial charge in [-0.05, 0) is 6.07 Å². The third-order valence-electron chi connectivity index (χ3n) is 8.58. The SMILES string of the molecule is COc1csc(-c2sc(-c3scc(OC)c3OC)c3c2OCC(C)(CSCc2cc(O)c4c(c2O)C(=O)c2ccccc2C4=O)CO3)c1OC. The molecule has 7 rings (SSSR count). The lowest BCUT2D eigenvalue weighted by molar-refractivity contribution is 0.0974. The summed E-state index contributed by atoms with van der Waals surface area (Å²) in [6, 6.07) is 7.78. The summed E-state index contributed by atoms with van der Waals surface area (Å²) >= 11 is 5.98. The standard InChI is InChI=1S/C36H32O10S4/c1-36(16-47-11-17-10-20(37)23-24(25(17)38)27(40)19-9-7-6-8-18(19)26(23)39)14-45-30-31(46-15-36)35(33-29(44-5)22(42-3)13-49-33)50-34(30)32-28(43-4)21(41-2)12-48-32/h6-10,12-13,37-38H,11,14-16H2,1-5H3. The number of ketones is 2. The number of hydrogen-bond acceptors (Lipinski definition) is 14. The summed E-state index contributed by atoms with van der Waals surface area (Å²) in [5.74, 6) is 2.82. The summed E-state index contributed by atoms with van der Waals surface area (Å²) in [7, 11) is 6.41. The van der Waals surface area contributed by atoms with Crippen molar-refractivity contribution < 1.29 is 48.2 Å². The Bertz CT molecular complexity index is 2070. The van der Waals surface area contributed by atoms with Crippen molar-refractivity contribution in [3.05, 3.63) is 68.9 Å². The number of carbonyl (C=O) groups is 2. The molecule has 260 valence electrons. The molecule has 1 aliphatic carbocycles. The van der Waals surface area contributed by atoms with Gasteiger partial charge in [0.15, 0.2) is 46.1 Å². The van der Waals surface area contributed by atoms with E-state index < -0.39 is 17.0 Å². The third-order valence-corrected chi connectivity index (χ3v) is 13.4. The highest BCUT2D eigenvalue weighted by molar-refractivity contribution is 7.98. The van der Waals surface area contributed by atoms with Crippen LogP contribution < -0.4 is 28.4 Å². The van der Waals surface area contributed by atoms with Crippen molar-refractivity contribution in [3.8, 4) is 65.5 Å². The Morgan fingerprint density at radius 2 is 1.30 bits per heavy atom. The van der Waals surface area contributed by atoms with E-state index in [2.05, 4.69) is 6.92 Å². The van der Waals surface area contributed by atoms with E-state index in [1.807, 2.05) is 10.8 Å². The van der Waals surface area contributed by atoms with E-state index in [0.29, 0.717) is 59.0 Å². The zero-order chi connectivity index (χ0) is 35.3. The van der Waals surface area contributed by atoms with Crippen LogP contribution in [-0.2, 0) is 5.75 Å². The average molecular weight is 753 g/mol. The van der Waals surface area contributed by atoms with E-state index in [1.165, 1.54) is 51.8 Å². The Hall–Kier alpha value is -4.37. The molecule has 50 heavy (non-hydrogen) atoms. The van der Waals surface area contributed by atoms with Crippen LogP contribution in [-0.4, -0.2) is 69.2 Å². The quantitative estimate of drug-likeness (QED) is 0.132. The van der Waals surface area contributed by atoms with Gasteiger partial charge in [0.1, 0.15) is 11.5 Å². The molecule has 0 unspecified atom stereocenters. The molecule has 0 amide bonds. The smallest absolute Gasteiger partial charge is 0.198 e.